The molecule has 142 valence electrons. The minimum atomic E-state index is -0.910. The fraction of sp³-hybridized carbons (Fsp3) is 0. The lowest BCUT2D eigenvalue weighted by atomic mass is 10.3. The molecule has 0 bridgehead atoms. The molecule has 0 aliphatic rings. The smallest absolute Gasteiger partial charge is 0.307 e. The van der Waals surface area contributed by atoms with Crippen LogP contribution in [0.25, 0.3) is 5.69 Å². The molecule has 0 spiro atoms. The molecular weight excluding hydrogens is 389 g/mol. The number of benzene rings is 2. The Bertz CT molecular complexity index is 1070. The summed E-state index contributed by atoms with van der Waals surface area (Å²) in [5, 5.41) is 6.90. The molecule has 10 heteroatoms. The van der Waals surface area contributed by atoms with E-state index in [0.29, 0.717) is 16.4 Å². The summed E-state index contributed by atoms with van der Waals surface area (Å²) in [5.74, 6) is -1.34. The van der Waals surface area contributed by atoms with Gasteiger partial charge < -0.3 is 5.32 Å². The molecule has 8 nitrogen and oxygen atoms in total. The van der Waals surface area contributed by atoms with Gasteiger partial charge in [0.25, 0.3) is 5.91 Å². The summed E-state index contributed by atoms with van der Waals surface area (Å²) >= 11 is 5.76. The van der Waals surface area contributed by atoms with E-state index in [1.165, 1.54) is 35.1 Å². The zero-order valence-corrected chi connectivity index (χ0v) is 14.9. The van der Waals surface area contributed by atoms with Crippen LogP contribution in [-0.2, 0) is 0 Å². The van der Waals surface area contributed by atoms with Crippen molar-refractivity contribution in [2.45, 2.75) is 0 Å². The van der Waals surface area contributed by atoms with Gasteiger partial charge in [0.05, 0.1) is 5.69 Å². The fourth-order valence-electron chi connectivity index (χ4n) is 2.17. The minimum Gasteiger partial charge on any atom is -0.307 e. The number of rotatable bonds is 3. The van der Waals surface area contributed by atoms with Crippen molar-refractivity contribution in [3.05, 3.63) is 87.6 Å². The van der Waals surface area contributed by atoms with Gasteiger partial charge in [0.15, 0.2) is 5.69 Å². The molecule has 0 radical (unpaired) electrons. The third-order valence-electron chi connectivity index (χ3n) is 3.51. The number of urea groups is 1. The van der Waals surface area contributed by atoms with E-state index in [4.69, 9.17) is 11.6 Å². The highest BCUT2D eigenvalue weighted by molar-refractivity contribution is 6.30. The average Bonchev–Trinajstić information content (AvgIpc) is 2.69. The highest BCUT2D eigenvalue weighted by Crippen LogP contribution is 2.13. The molecule has 28 heavy (non-hydrogen) atoms. The number of nitrogens with one attached hydrogen (secondary N) is 3. The van der Waals surface area contributed by atoms with E-state index < -0.39 is 28.9 Å². The molecule has 1 aromatic heterocycles. The SMILES string of the molecule is O=C(NNC(=O)c1nn(-c2ccc(F)cc2)ccc1=O)Nc1ccc(Cl)cc1. The van der Waals surface area contributed by atoms with Gasteiger partial charge in [-0.2, -0.15) is 5.10 Å². The summed E-state index contributed by atoms with van der Waals surface area (Å²) in [6.07, 6.45) is 1.34. The molecule has 0 unspecified atom stereocenters. The van der Waals surface area contributed by atoms with Crippen LogP contribution in [0.4, 0.5) is 14.9 Å². The zero-order valence-electron chi connectivity index (χ0n) is 14.1. The van der Waals surface area contributed by atoms with Crippen LogP contribution in [0.3, 0.4) is 0 Å². The van der Waals surface area contributed by atoms with Crippen molar-refractivity contribution < 1.29 is 14.0 Å². The summed E-state index contributed by atoms with van der Waals surface area (Å²) in [5.41, 5.74) is 4.02. The molecule has 2 aromatic carbocycles. The average molecular weight is 402 g/mol. The van der Waals surface area contributed by atoms with Gasteiger partial charge in [-0.3, -0.25) is 15.0 Å². The Kier molecular flexibility index (Phi) is 5.66. The lowest BCUT2D eigenvalue weighted by molar-refractivity contribution is 0.0930. The van der Waals surface area contributed by atoms with Crippen LogP contribution >= 0.6 is 11.6 Å². The van der Waals surface area contributed by atoms with Crippen molar-refractivity contribution in [2.24, 2.45) is 0 Å². The van der Waals surface area contributed by atoms with Gasteiger partial charge in [0, 0.05) is 23.0 Å². The maximum Gasteiger partial charge on any atom is 0.337 e. The molecule has 3 amide bonds. The number of anilines is 1. The Morgan fingerprint density at radius 3 is 2.32 bits per heavy atom. The van der Waals surface area contributed by atoms with Gasteiger partial charge in [-0.15, -0.1) is 0 Å². The first-order valence-electron chi connectivity index (χ1n) is 7.91. The van der Waals surface area contributed by atoms with Crippen LogP contribution in [-0.4, -0.2) is 21.7 Å². The lowest BCUT2D eigenvalue weighted by Gasteiger charge is -2.10. The van der Waals surface area contributed by atoms with Gasteiger partial charge in [0.1, 0.15) is 5.82 Å². The summed E-state index contributed by atoms with van der Waals surface area (Å²) in [6, 6.07) is 12.0. The predicted octanol–water partition coefficient (Wildman–Crippen LogP) is 2.49. The Morgan fingerprint density at radius 1 is 0.964 bits per heavy atom. The summed E-state index contributed by atoms with van der Waals surface area (Å²) in [7, 11) is 0. The molecule has 0 saturated carbocycles. The molecule has 1 heterocycles. The number of aromatic nitrogens is 2. The third kappa shape index (κ3) is 4.71. The first-order valence-corrected chi connectivity index (χ1v) is 8.29. The molecule has 0 atom stereocenters. The second-order valence-electron chi connectivity index (χ2n) is 5.49. The van der Waals surface area contributed by atoms with Crippen molar-refractivity contribution in [3.63, 3.8) is 0 Å². The second-order valence-corrected chi connectivity index (χ2v) is 5.93. The molecular formula is C18H13ClFN5O3. The quantitative estimate of drug-likeness (QED) is 0.586. The van der Waals surface area contributed by atoms with Crippen molar-refractivity contribution in [3.8, 4) is 5.69 Å². The van der Waals surface area contributed by atoms with Gasteiger partial charge >= 0.3 is 6.03 Å². The Morgan fingerprint density at radius 2 is 1.64 bits per heavy atom. The highest BCUT2D eigenvalue weighted by atomic mass is 35.5. The summed E-state index contributed by atoms with van der Waals surface area (Å²) in [4.78, 5) is 36.0. The molecule has 0 aliphatic heterocycles. The Balaban J connectivity index is 1.67. The second kappa shape index (κ2) is 8.31. The fourth-order valence-corrected chi connectivity index (χ4v) is 2.30. The normalized spacial score (nSPS) is 10.2. The number of carbonyl (C=O) groups is 2. The van der Waals surface area contributed by atoms with Crippen molar-refractivity contribution in [1.29, 1.82) is 0 Å². The minimum absolute atomic E-state index is 0.432. The van der Waals surface area contributed by atoms with Gasteiger partial charge in [-0.1, -0.05) is 11.6 Å². The number of amides is 3. The van der Waals surface area contributed by atoms with Crippen molar-refractivity contribution in [2.75, 3.05) is 5.32 Å². The van der Waals surface area contributed by atoms with E-state index in [-0.39, 0.29) is 0 Å². The van der Waals surface area contributed by atoms with Crippen molar-refractivity contribution in [1.82, 2.24) is 20.6 Å². The predicted molar refractivity (Wildman–Crippen MR) is 101 cm³/mol. The molecule has 0 saturated heterocycles. The zero-order chi connectivity index (χ0) is 20.1. The van der Waals surface area contributed by atoms with Gasteiger partial charge in [0.2, 0.25) is 5.43 Å². The standard InChI is InChI=1S/C18H13ClFN5O3/c19-11-1-5-13(6-2-11)21-18(28)23-22-17(27)16-15(26)9-10-25(24-16)14-7-3-12(20)4-8-14/h1-10H,(H,22,27)(H2,21,23,28). The van der Waals surface area contributed by atoms with E-state index in [1.54, 1.807) is 24.3 Å². The van der Waals surface area contributed by atoms with Crippen LogP contribution in [0.5, 0.6) is 0 Å². The van der Waals surface area contributed by atoms with Crippen LogP contribution < -0.4 is 21.6 Å². The number of hydrazine groups is 1. The van der Waals surface area contributed by atoms with Crippen LogP contribution in [0, 0.1) is 5.82 Å². The van der Waals surface area contributed by atoms with E-state index in [1.807, 2.05) is 0 Å². The highest BCUT2D eigenvalue weighted by Gasteiger charge is 2.14. The van der Waals surface area contributed by atoms with Crippen molar-refractivity contribution >= 4 is 29.2 Å². The number of hydrogen-bond acceptors (Lipinski definition) is 4. The maximum atomic E-state index is 13.0. The topological polar surface area (TPSA) is 105 Å². The van der Waals surface area contributed by atoms with E-state index in [9.17, 15) is 18.8 Å². The largest absolute Gasteiger partial charge is 0.337 e. The lowest BCUT2D eigenvalue weighted by Crippen LogP contribution is -2.45. The molecule has 0 aliphatic carbocycles. The molecule has 0 fully saturated rings. The number of hydrogen-bond donors (Lipinski definition) is 3. The Hall–Kier alpha value is -3.72. The number of halogens is 2. The summed E-state index contributed by atoms with van der Waals surface area (Å²) in [6.45, 7) is 0. The van der Waals surface area contributed by atoms with Crippen LogP contribution in [0.2, 0.25) is 5.02 Å². The molecule has 3 rings (SSSR count). The van der Waals surface area contributed by atoms with Gasteiger partial charge in [-0.05, 0) is 48.5 Å². The van der Waals surface area contributed by atoms with E-state index >= 15 is 0 Å². The maximum absolute atomic E-state index is 13.0. The first-order chi connectivity index (χ1) is 13.4. The Labute approximate surface area is 162 Å². The monoisotopic (exact) mass is 401 g/mol. The van der Waals surface area contributed by atoms with Crippen LogP contribution in [0.1, 0.15) is 10.5 Å². The third-order valence-corrected chi connectivity index (χ3v) is 3.76. The van der Waals surface area contributed by atoms with E-state index in [0.717, 1.165) is 6.07 Å². The molecule has 3 aromatic rings. The van der Waals surface area contributed by atoms with E-state index in [2.05, 4.69) is 21.3 Å². The van der Waals surface area contributed by atoms with Crippen LogP contribution in [0.15, 0.2) is 65.6 Å². The van der Waals surface area contributed by atoms with Gasteiger partial charge in [-0.25, -0.2) is 19.3 Å². The summed E-state index contributed by atoms with van der Waals surface area (Å²) < 4.78 is 14.3. The number of carbonyl (C=O) groups excluding carboxylic acids is 2. The number of nitrogens with zero attached hydrogens (tertiary/aromatic N) is 2. The first kappa shape index (κ1) is 19.1. The molecule has 3 N–H and O–H groups in total.